The highest BCUT2D eigenvalue weighted by Gasteiger charge is 2.03. The zero-order valence-electron chi connectivity index (χ0n) is 8.04. The Morgan fingerprint density at radius 2 is 2.00 bits per heavy atom. The molecular formula is C7H15N3O4. The number of methoxy groups -OCH3 is 1. The van der Waals surface area contributed by atoms with Crippen molar-refractivity contribution in [3.05, 3.63) is 0 Å². The molecule has 0 aromatic carbocycles. The lowest BCUT2D eigenvalue weighted by atomic mass is 10.5. The third-order valence-corrected chi connectivity index (χ3v) is 1.21. The van der Waals surface area contributed by atoms with Gasteiger partial charge in [-0.2, -0.15) is 0 Å². The Morgan fingerprint density at radius 3 is 2.57 bits per heavy atom. The molecule has 0 atom stereocenters. The molecule has 0 aromatic rings. The van der Waals surface area contributed by atoms with E-state index in [9.17, 15) is 9.59 Å². The molecule has 14 heavy (non-hydrogen) atoms. The first-order chi connectivity index (χ1) is 6.70. The van der Waals surface area contributed by atoms with Crippen LogP contribution in [0.25, 0.3) is 0 Å². The molecule has 2 amide bonds. The molecule has 0 aromatic heterocycles. The number of carbonyl (C=O) groups excluding carboxylic acids is 2. The second kappa shape index (κ2) is 8.42. The summed E-state index contributed by atoms with van der Waals surface area (Å²) in [4.78, 5) is 21.8. The Hall–Kier alpha value is -1.18. The van der Waals surface area contributed by atoms with Crippen molar-refractivity contribution in [3.63, 3.8) is 0 Å². The topological polar surface area (TPSA) is 103 Å². The second-order valence-corrected chi connectivity index (χ2v) is 2.32. The molecular weight excluding hydrogens is 190 g/mol. The Labute approximate surface area is 81.9 Å². The minimum Gasteiger partial charge on any atom is -0.364 e. The van der Waals surface area contributed by atoms with Crippen LogP contribution < -0.4 is 16.4 Å². The summed E-state index contributed by atoms with van der Waals surface area (Å²) in [5.74, 6) is -0.712. The molecule has 0 heterocycles. The molecule has 0 aliphatic heterocycles. The van der Waals surface area contributed by atoms with E-state index >= 15 is 0 Å². The minimum atomic E-state index is -0.386. The summed E-state index contributed by atoms with van der Waals surface area (Å²) in [6.07, 6.45) is 0. The number of hydrogen-bond donors (Lipinski definition) is 3. The zero-order chi connectivity index (χ0) is 10.8. The quantitative estimate of drug-likeness (QED) is 0.408. The van der Waals surface area contributed by atoms with Crippen LogP contribution in [-0.2, 0) is 19.1 Å². The van der Waals surface area contributed by atoms with Gasteiger partial charge in [0, 0.05) is 7.11 Å². The number of amides is 2. The van der Waals surface area contributed by atoms with Gasteiger partial charge in [-0.25, -0.2) is 0 Å². The molecule has 4 N–H and O–H groups in total. The molecule has 0 bridgehead atoms. The molecule has 0 unspecified atom stereocenters. The summed E-state index contributed by atoms with van der Waals surface area (Å²) in [5, 5.41) is 4.74. The fraction of sp³-hybridized carbons (Fsp3) is 0.714. The first-order valence-corrected chi connectivity index (χ1v) is 4.00. The number of nitrogens with one attached hydrogen (secondary N) is 2. The van der Waals surface area contributed by atoms with Crippen LogP contribution >= 0.6 is 0 Å². The third kappa shape index (κ3) is 7.47. The normalized spacial score (nSPS) is 9.57. The number of carbonyl (C=O) groups is 2. The van der Waals surface area contributed by atoms with Crippen LogP contribution in [0.3, 0.4) is 0 Å². The summed E-state index contributed by atoms with van der Waals surface area (Å²) in [6, 6.07) is 0. The number of hydrogen-bond acceptors (Lipinski definition) is 5. The van der Waals surface area contributed by atoms with Crippen molar-refractivity contribution in [2.24, 2.45) is 5.73 Å². The molecule has 7 heteroatoms. The van der Waals surface area contributed by atoms with Crippen LogP contribution in [0.2, 0.25) is 0 Å². The standard InChI is InChI=1S/C7H15N3O4/c1-13-5-10-6(11)2-9-7(12)3-14-4-8/h2-5,8H2,1H3,(H,9,12)(H,10,11). The van der Waals surface area contributed by atoms with Crippen LogP contribution in [0.1, 0.15) is 0 Å². The predicted molar refractivity (Wildman–Crippen MR) is 48.0 cm³/mol. The third-order valence-electron chi connectivity index (χ3n) is 1.21. The maximum absolute atomic E-state index is 10.9. The maximum Gasteiger partial charge on any atom is 0.246 e. The van der Waals surface area contributed by atoms with Gasteiger partial charge in [0.15, 0.2) is 0 Å². The Morgan fingerprint density at radius 1 is 1.29 bits per heavy atom. The first-order valence-electron chi connectivity index (χ1n) is 4.00. The Kier molecular flexibility index (Phi) is 7.71. The number of nitrogens with two attached hydrogens (primary N) is 1. The van der Waals surface area contributed by atoms with E-state index in [1.165, 1.54) is 7.11 Å². The largest absolute Gasteiger partial charge is 0.364 e. The predicted octanol–water partition coefficient (Wildman–Crippen LogP) is -2.24. The average molecular weight is 205 g/mol. The van der Waals surface area contributed by atoms with Gasteiger partial charge in [-0.1, -0.05) is 0 Å². The maximum atomic E-state index is 10.9. The van der Waals surface area contributed by atoms with Gasteiger partial charge >= 0.3 is 0 Å². The van der Waals surface area contributed by atoms with Crippen molar-refractivity contribution in [1.82, 2.24) is 10.6 Å². The van der Waals surface area contributed by atoms with Crippen molar-refractivity contribution >= 4 is 11.8 Å². The van der Waals surface area contributed by atoms with Crippen LogP contribution in [0.4, 0.5) is 0 Å². The van der Waals surface area contributed by atoms with Gasteiger partial charge < -0.3 is 25.8 Å². The Bertz CT molecular complexity index is 166. The Balaban J connectivity index is 3.41. The molecule has 82 valence electrons. The smallest absolute Gasteiger partial charge is 0.246 e. The highest BCUT2D eigenvalue weighted by Crippen LogP contribution is 1.71. The van der Waals surface area contributed by atoms with Gasteiger partial charge in [-0.15, -0.1) is 0 Å². The highest BCUT2D eigenvalue weighted by atomic mass is 16.5. The number of rotatable bonds is 7. The number of ether oxygens (including phenoxy) is 2. The van der Waals surface area contributed by atoms with Crippen molar-refractivity contribution in [2.45, 2.75) is 0 Å². The zero-order valence-corrected chi connectivity index (χ0v) is 8.04. The van der Waals surface area contributed by atoms with E-state index in [1.54, 1.807) is 0 Å². The molecule has 0 spiro atoms. The van der Waals surface area contributed by atoms with Crippen molar-refractivity contribution in [3.8, 4) is 0 Å². The molecule has 0 saturated heterocycles. The van der Waals surface area contributed by atoms with E-state index in [1.807, 2.05) is 0 Å². The summed E-state index contributed by atoms with van der Waals surface area (Å²) in [6.45, 7) is -0.151. The fourth-order valence-electron chi connectivity index (χ4n) is 0.597. The lowest BCUT2D eigenvalue weighted by Gasteiger charge is -2.05. The van der Waals surface area contributed by atoms with Crippen molar-refractivity contribution < 1.29 is 19.1 Å². The van der Waals surface area contributed by atoms with Crippen LogP contribution in [-0.4, -0.2) is 45.5 Å². The van der Waals surface area contributed by atoms with Crippen LogP contribution in [0, 0.1) is 0 Å². The summed E-state index contributed by atoms with van der Waals surface area (Å²) in [7, 11) is 1.45. The van der Waals surface area contributed by atoms with Gasteiger partial charge in [-0.3, -0.25) is 9.59 Å². The van der Waals surface area contributed by atoms with Gasteiger partial charge in [0.1, 0.15) is 13.3 Å². The van der Waals surface area contributed by atoms with Crippen molar-refractivity contribution in [2.75, 3.05) is 33.7 Å². The first kappa shape index (κ1) is 12.8. The summed E-state index contributed by atoms with van der Waals surface area (Å²) in [5.41, 5.74) is 5.00. The minimum absolute atomic E-state index is 0.0245. The molecule has 0 fully saturated rings. The molecule has 0 saturated carbocycles. The van der Waals surface area contributed by atoms with Crippen LogP contribution in [0.15, 0.2) is 0 Å². The molecule has 7 nitrogen and oxygen atoms in total. The fourth-order valence-corrected chi connectivity index (χ4v) is 0.597. The molecule has 0 aliphatic carbocycles. The summed E-state index contributed by atoms with van der Waals surface area (Å²) >= 11 is 0. The van der Waals surface area contributed by atoms with E-state index in [0.29, 0.717) is 0 Å². The highest BCUT2D eigenvalue weighted by molar-refractivity contribution is 5.85. The molecule has 0 radical (unpaired) electrons. The molecule has 0 rings (SSSR count). The monoisotopic (exact) mass is 205 g/mol. The van der Waals surface area contributed by atoms with E-state index in [2.05, 4.69) is 20.1 Å². The van der Waals surface area contributed by atoms with Gasteiger partial charge in [0.25, 0.3) is 0 Å². The van der Waals surface area contributed by atoms with Crippen molar-refractivity contribution in [1.29, 1.82) is 0 Å². The summed E-state index contributed by atoms with van der Waals surface area (Å²) < 4.78 is 9.22. The van der Waals surface area contributed by atoms with E-state index in [4.69, 9.17) is 5.73 Å². The van der Waals surface area contributed by atoms with E-state index in [-0.39, 0.29) is 38.4 Å². The van der Waals surface area contributed by atoms with Gasteiger partial charge in [0.2, 0.25) is 11.8 Å². The van der Waals surface area contributed by atoms with Gasteiger partial charge in [-0.05, 0) is 0 Å². The second-order valence-electron chi connectivity index (χ2n) is 2.32. The SMILES string of the molecule is COCNC(=O)CNC(=O)COCN. The van der Waals surface area contributed by atoms with E-state index < -0.39 is 0 Å². The molecule has 0 aliphatic rings. The lowest BCUT2D eigenvalue weighted by Crippen LogP contribution is -2.39. The lowest BCUT2D eigenvalue weighted by molar-refractivity contribution is -0.129. The van der Waals surface area contributed by atoms with Gasteiger partial charge in [0.05, 0.1) is 13.3 Å². The van der Waals surface area contributed by atoms with Crippen LogP contribution in [0.5, 0.6) is 0 Å². The average Bonchev–Trinajstić information content (AvgIpc) is 2.20. The van der Waals surface area contributed by atoms with E-state index in [0.717, 1.165) is 0 Å².